The third kappa shape index (κ3) is 2.66. The maximum Gasteiger partial charge on any atom is 0.0721 e. The molecule has 1 heterocycles. The zero-order valence-electron chi connectivity index (χ0n) is 9.80. The zero-order valence-corrected chi connectivity index (χ0v) is 9.80. The Morgan fingerprint density at radius 1 is 1.19 bits per heavy atom. The fraction of sp³-hybridized carbons (Fsp3) is 0.538. The number of nitrogens with zero attached hydrogens (tertiary/aromatic N) is 1. The van der Waals surface area contributed by atoms with Gasteiger partial charge in [0.1, 0.15) is 0 Å². The Kier molecular flexibility index (Phi) is 4.02. The molecular weight excluding hydrogens is 197 g/mol. The minimum absolute atomic E-state index is 0.139. The van der Waals surface area contributed by atoms with Crippen molar-refractivity contribution in [3.8, 4) is 0 Å². The molecule has 2 atom stereocenters. The maximum absolute atomic E-state index is 6.12. The molecule has 0 aliphatic carbocycles. The van der Waals surface area contributed by atoms with E-state index in [1.165, 1.54) is 5.56 Å². The average Bonchev–Trinajstić information content (AvgIpc) is 2.31. The molecule has 0 unspecified atom stereocenters. The SMILES string of the molecule is [B][C@@H](C)[C@H](c1ccccc1)N1CCOCC1. The Bertz CT molecular complexity index is 309. The van der Waals surface area contributed by atoms with E-state index >= 15 is 0 Å². The van der Waals surface area contributed by atoms with Gasteiger partial charge in [-0.15, -0.1) is 0 Å². The molecule has 2 radical (unpaired) electrons. The first-order valence-electron chi connectivity index (χ1n) is 5.91. The second-order valence-corrected chi connectivity index (χ2v) is 4.36. The number of hydrogen-bond acceptors (Lipinski definition) is 2. The predicted molar refractivity (Wildman–Crippen MR) is 66.8 cm³/mol. The van der Waals surface area contributed by atoms with Crippen molar-refractivity contribution >= 4 is 7.85 Å². The quantitative estimate of drug-likeness (QED) is 0.715. The Morgan fingerprint density at radius 3 is 2.38 bits per heavy atom. The molecule has 2 nitrogen and oxygen atoms in total. The van der Waals surface area contributed by atoms with E-state index in [0.717, 1.165) is 26.3 Å². The minimum atomic E-state index is 0.139. The summed E-state index contributed by atoms with van der Waals surface area (Å²) in [7, 11) is 6.12. The van der Waals surface area contributed by atoms with Gasteiger partial charge in [-0.05, 0) is 5.56 Å². The maximum atomic E-state index is 6.12. The number of rotatable bonds is 3. The first kappa shape index (κ1) is 11.7. The molecule has 1 aromatic carbocycles. The molecule has 1 aliphatic heterocycles. The van der Waals surface area contributed by atoms with Gasteiger partial charge in [-0.2, -0.15) is 0 Å². The van der Waals surface area contributed by atoms with Crippen LogP contribution in [0.2, 0.25) is 5.82 Å². The van der Waals surface area contributed by atoms with Crippen LogP contribution in [0.4, 0.5) is 0 Å². The fourth-order valence-electron chi connectivity index (χ4n) is 2.35. The van der Waals surface area contributed by atoms with Crippen molar-refractivity contribution in [2.24, 2.45) is 0 Å². The van der Waals surface area contributed by atoms with Gasteiger partial charge in [0.15, 0.2) is 0 Å². The van der Waals surface area contributed by atoms with Crippen LogP contribution in [0.3, 0.4) is 0 Å². The first-order valence-corrected chi connectivity index (χ1v) is 5.91. The highest BCUT2D eigenvalue weighted by Gasteiger charge is 2.24. The van der Waals surface area contributed by atoms with Gasteiger partial charge in [0.25, 0.3) is 0 Å². The van der Waals surface area contributed by atoms with Gasteiger partial charge in [-0.1, -0.05) is 43.1 Å². The molecular formula is C13H18BNO. The van der Waals surface area contributed by atoms with Crippen molar-refractivity contribution in [1.82, 2.24) is 4.90 Å². The van der Waals surface area contributed by atoms with Crippen LogP contribution in [-0.2, 0) is 4.74 Å². The van der Waals surface area contributed by atoms with Gasteiger partial charge in [0, 0.05) is 19.1 Å². The van der Waals surface area contributed by atoms with Gasteiger partial charge < -0.3 is 4.74 Å². The summed E-state index contributed by atoms with van der Waals surface area (Å²) in [5.41, 5.74) is 1.31. The zero-order chi connectivity index (χ0) is 11.4. The highest BCUT2D eigenvalue weighted by molar-refractivity contribution is 6.11. The molecule has 1 aromatic rings. The van der Waals surface area contributed by atoms with E-state index in [-0.39, 0.29) is 5.82 Å². The Hall–Kier alpha value is -0.795. The van der Waals surface area contributed by atoms with Crippen LogP contribution >= 0.6 is 0 Å². The van der Waals surface area contributed by atoms with Gasteiger partial charge in [-0.3, -0.25) is 4.90 Å². The van der Waals surface area contributed by atoms with Gasteiger partial charge in [0.2, 0.25) is 0 Å². The third-order valence-corrected chi connectivity index (χ3v) is 3.08. The van der Waals surface area contributed by atoms with Crippen LogP contribution in [-0.4, -0.2) is 39.0 Å². The molecule has 84 valence electrons. The average molecular weight is 215 g/mol. The topological polar surface area (TPSA) is 12.5 Å². The van der Waals surface area contributed by atoms with E-state index in [0.29, 0.717) is 6.04 Å². The summed E-state index contributed by atoms with van der Waals surface area (Å²) in [6, 6.07) is 10.8. The number of ether oxygens (including phenoxy) is 1. The normalized spacial score (nSPS) is 21.6. The largest absolute Gasteiger partial charge is 0.379 e. The summed E-state index contributed by atoms with van der Waals surface area (Å²) in [4.78, 5) is 2.42. The van der Waals surface area contributed by atoms with E-state index in [1.807, 2.05) is 6.07 Å². The summed E-state index contributed by atoms with van der Waals surface area (Å²) >= 11 is 0. The summed E-state index contributed by atoms with van der Waals surface area (Å²) in [5, 5.41) is 0. The van der Waals surface area contributed by atoms with Crippen molar-refractivity contribution in [3.05, 3.63) is 35.9 Å². The molecule has 1 aliphatic rings. The lowest BCUT2D eigenvalue weighted by Crippen LogP contribution is -2.40. The van der Waals surface area contributed by atoms with Gasteiger partial charge in [-0.25, -0.2) is 0 Å². The lowest BCUT2D eigenvalue weighted by atomic mass is 9.78. The fourth-order valence-corrected chi connectivity index (χ4v) is 2.35. The summed E-state index contributed by atoms with van der Waals surface area (Å²) in [5.74, 6) is 0.139. The minimum Gasteiger partial charge on any atom is -0.379 e. The van der Waals surface area contributed by atoms with E-state index in [1.54, 1.807) is 0 Å². The number of benzene rings is 1. The van der Waals surface area contributed by atoms with Crippen LogP contribution in [0.5, 0.6) is 0 Å². The van der Waals surface area contributed by atoms with Crippen molar-refractivity contribution in [2.75, 3.05) is 26.3 Å². The second-order valence-electron chi connectivity index (χ2n) is 4.36. The lowest BCUT2D eigenvalue weighted by molar-refractivity contribution is 0.0155. The molecule has 0 amide bonds. The van der Waals surface area contributed by atoms with Crippen molar-refractivity contribution in [1.29, 1.82) is 0 Å². The Balaban J connectivity index is 2.16. The van der Waals surface area contributed by atoms with Gasteiger partial charge >= 0.3 is 0 Å². The number of morpholine rings is 1. The highest BCUT2D eigenvalue weighted by atomic mass is 16.5. The molecule has 0 aromatic heterocycles. The molecule has 0 bridgehead atoms. The van der Waals surface area contributed by atoms with E-state index in [9.17, 15) is 0 Å². The molecule has 0 saturated carbocycles. The first-order chi connectivity index (χ1) is 7.79. The Morgan fingerprint density at radius 2 is 1.81 bits per heavy atom. The molecule has 0 spiro atoms. The van der Waals surface area contributed by atoms with Crippen LogP contribution in [0.25, 0.3) is 0 Å². The predicted octanol–water partition coefficient (Wildman–Crippen LogP) is 2.04. The summed E-state index contributed by atoms with van der Waals surface area (Å²) in [6.07, 6.45) is 0. The smallest absolute Gasteiger partial charge is 0.0721 e. The third-order valence-electron chi connectivity index (χ3n) is 3.08. The summed E-state index contributed by atoms with van der Waals surface area (Å²) in [6.45, 7) is 5.65. The van der Waals surface area contributed by atoms with E-state index in [4.69, 9.17) is 12.6 Å². The molecule has 1 fully saturated rings. The standard InChI is InChI=1S/C13H18BNO/c1-11(14)13(12-5-3-2-4-6-12)15-7-9-16-10-8-15/h2-6,11,13H,7-10H2,1H3/t11-,13+/m0/s1. The van der Waals surface area contributed by atoms with Crippen LogP contribution in [0.15, 0.2) is 30.3 Å². The molecule has 3 heteroatoms. The van der Waals surface area contributed by atoms with Crippen molar-refractivity contribution in [2.45, 2.75) is 18.8 Å². The molecule has 16 heavy (non-hydrogen) atoms. The Labute approximate surface area is 99.0 Å². The molecule has 0 N–H and O–H groups in total. The van der Waals surface area contributed by atoms with Crippen LogP contribution in [0.1, 0.15) is 18.5 Å². The van der Waals surface area contributed by atoms with E-state index < -0.39 is 0 Å². The monoisotopic (exact) mass is 215 g/mol. The van der Waals surface area contributed by atoms with Crippen LogP contribution < -0.4 is 0 Å². The second kappa shape index (κ2) is 5.51. The highest BCUT2D eigenvalue weighted by Crippen LogP contribution is 2.30. The van der Waals surface area contributed by atoms with Gasteiger partial charge in [0.05, 0.1) is 21.1 Å². The van der Waals surface area contributed by atoms with Crippen LogP contribution in [0, 0.1) is 0 Å². The van der Waals surface area contributed by atoms with E-state index in [2.05, 4.69) is 36.1 Å². The molecule has 1 saturated heterocycles. The summed E-state index contributed by atoms with van der Waals surface area (Å²) < 4.78 is 5.38. The lowest BCUT2D eigenvalue weighted by Gasteiger charge is -2.37. The molecule has 2 rings (SSSR count). The number of hydrogen-bond donors (Lipinski definition) is 0. The van der Waals surface area contributed by atoms with Crippen molar-refractivity contribution in [3.63, 3.8) is 0 Å². The van der Waals surface area contributed by atoms with Crippen molar-refractivity contribution < 1.29 is 4.74 Å².